The molecule has 6 heteroatoms. The molecule has 26 heavy (non-hydrogen) atoms. The molecule has 0 saturated carbocycles. The summed E-state index contributed by atoms with van der Waals surface area (Å²) in [5, 5.41) is 12.2. The molecule has 0 unspecified atom stereocenters. The zero-order valence-corrected chi connectivity index (χ0v) is 15.6. The summed E-state index contributed by atoms with van der Waals surface area (Å²) in [6.45, 7) is 5.45. The first kappa shape index (κ1) is 18.2. The van der Waals surface area contributed by atoms with Gasteiger partial charge in [0, 0.05) is 34.8 Å². The topological polar surface area (TPSA) is 48.9 Å². The monoisotopic (exact) mass is 370 g/mol. The first-order chi connectivity index (χ1) is 12.4. The van der Waals surface area contributed by atoms with Crippen LogP contribution in [-0.2, 0) is 0 Å². The zero-order chi connectivity index (χ0) is 18.8. The van der Waals surface area contributed by atoms with Crippen LogP contribution in [0.15, 0.2) is 53.7 Å². The number of aromatic nitrogens is 2. The molecule has 1 aromatic carbocycles. The fraction of sp³-hybridized carbons (Fsp3) is 0.200. The van der Waals surface area contributed by atoms with Crippen molar-refractivity contribution in [2.75, 3.05) is 5.75 Å². The third-order valence-electron chi connectivity index (χ3n) is 4.28. The van der Waals surface area contributed by atoms with Crippen molar-refractivity contribution >= 4 is 17.5 Å². The molecule has 4 nitrogen and oxygen atoms in total. The molecular formula is C20H19FN2O2S. The summed E-state index contributed by atoms with van der Waals surface area (Å²) in [7, 11) is 0. The van der Waals surface area contributed by atoms with Gasteiger partial charge in [0.15, 0.2) is 12.0 Å². The van der Waals surface area contributed by atoms with Crippen LogP contribution in [0.1, 0.15) is 27.3 Å². The van der Waals surface area contributed by atoms with E-state index in [0.717, 1.165) is 16.1 Å². The van der Waals surface area contributed by atoms with Gasteiger partial charge in [-0.1, -0.05) is 6.07 Å². The number of rotatable bonds is 5. The van der Waals surface area contributed by atoms with Gasteiger partial charge >= 0.3 is 0 Å². The molecule has 0 aliphatic carbocycles. The van der Waals surface area contributed by atoms with Crippen LogP contribution in [0, 0.1) is 31.8 Å². The first-order valence-electron chi connectivity index (χ1n) is 8.18. The SMILES string of the molecule is Cc1ccc(-n2c(C)cc(C(=O)CSc3cccc[n+]3[O-])c2C)cc1F. The van der Waals surface area contributed by atoms with E-state index in [9.17, 15) is 14.4 Å². The van der Waals surface area contributed by atoms with E-state index in [1.54, 1.807) is 31.2 Å². The van der Waals surface area contributed by atoms with Gasteiger partial charge in [0.25, 0.3) is 5.03 Å². The lowest BCUT2D eigenvalue weighted by atomic mass is 10.2. The Morgan fingerprint density at radius 2 is 1.96 bits per heavy atom. The fourth-order valence-electron chi connectivity index (χ4n) is 2.90. The Bertz CT molecular complexity index is 982. The number of hydrogen-bond acceptors (Lipinski definition) is 3. The van der Waals surface area contributed by atoms with Gasteiger partial charge < -0.3 is 9.77 Å². The van der Waals surface area contributed by atoms with Crippen molar-refractivity contribution in [2.24, 2.45) is 0 Å². The maximum absolute atomic E-state index is 13.9. The molecular weight excluding hydrogens is 351 g/mol. The summed E-state index contributed by atoms with van der Waals surface area (Å²) in [4.78, 5) is 12.6. The van der Waals surface area contributed by atoms with Crippen molar-refractivity contribution in [3.8, 4) is 5.69 Å². The van der Waals surface area contributed by atoms with E-state index in [-0.39, 0.29) is 17.4 Å². The Kier molecular flexibility index (Phi) is 5.13. The molecule has 0 spiro atoms. The Hall–Kier alpha value is -2.60. The number of halogens is 1. The van der Waals surface area contributed by atoms with Crippen LogP contribution in [0.3, 0.4) is 0 Å². The quantitative estimate of drug-likeness (QED) is 0.293. The van der Waals surface area contributed by atoms with E-state index in [2.05, 4.69) is 0 Å². The van der Waals surface area contributed by atoms with E-state index in [4.69, 9.17) is 0 Å². The number of Topliss-reactive ketones (excluding diaryl/α,β-unsaturated/α-hetero) is 1. The number of benzene rings is 1. The molecule has 0 aliphatic rings. The summed E-state index contributed by atoms with van der Waals surface area (Å²) in [6, 6.07) is 11.9. The molecule has 0 atom stereocenters. The second kappa shape index (κ2) is 7.33. The Morgan fingerprint density at radius 3 is 2.65 bits per heavy atom. The number of hydrogen-bond donors (Lipinski definition) is 0. The van der Waals surface area contributed by atoms with Crippen LogP contribution in [-0.4, -0.2) is 16.1 Å². The summed E-state index contributed by atoms with van der Waals surface area (Å²) >= 11 is 1.21. The zero-order valence-electron chi connectivity index (χ0n) is 14.8. The normalized spacial score (nSPS) is 10.9. The lowest BCUT2D eigenvalue weighted by molar-refractivity contribution is -0.645. The molecule has 2 aromatic heterocycles. The first-order valence-corrected chi connectivity index (χ1v) is 9.16. The molecule has 3 aromatic rings. The van der Waals surface area contributed by atoms with Crippen LogP contribution in [0.4, 0.5) is 4.39 Å². The Labute approximate surface area is 155 Å². The van der Waals surface area contributed by atoms with Gasteiger partial charge in [-0.25, -0.2) is 4.39 Å². The predicted molar refractivity (Wildman–Crippen MR) is 100 cm³/mol. The maximum atomic E-state index is 13.9. The molecule has 0 aliphatic heterocycles. The van der Waals surface area contributed by atoms with E-state index in [0.29, 0.717) is 21.8 Å². The van der Waals surface area contributed by atoms with Gasteiger partial charge in [0.05, 0.1) is 5.75 Å². The van der Waals surface area contributed by atoms with Gasteiger partial charge in [-0.2, -0.15) is 4.73 Å². The van der Waals surface area contributed by atoms with Crippen LogP contribution in [0.2, 0.25) is 0 Å². The second-order valence-corrected chi connectivity index (χ2v) is 7.13. The highest BCUT2D eigenvalue weighted by Crippen LogP contribution is 2.24. The van der Waals surface area contributed by atoms with Crippen molar-refractivity contribution in [1.29, 1.82) is 0 Å². The van der Waals surface area contributed by atoms with Gasteiger partial charge in [0.2, 0.25) is 0 Å². The fourth-order valence-corrected chi connectivity index (χ4v) is 3.70. The van der Waals surface area contributed by atoms with Crippen molar-refractivity contribution in [3.63, 3.8) is 0 Å². The number of ketones is 1. The van der Waals surface area contributed by atoms with E-state index in [1.165, 1.54) is 24.0 Å². The molecule has 0 N–H and O–H groups in total. The Balaban J connectivity index is 1.86. The van der Waals surface area contributed by atoms with Gasteiger partial charge in [-0.05, 0) is 62.4 Å². The number of carbonyl (C=O) groups is 1. The molecule has 0 amide bonds. The molecule has 0 bridgehead atoms. The highest BCUT2D eigenvalue weighted by Gasteiger charge is 2.18. The highest BCUT2D eigenvalue weighted by atomic mass is 32.2. The number of carbonyl (C=O) groups excluding carboxylic acids is 1. The number of aryl methyl sites for hydroxylation is 2. The van der Waals surface area contributed by atoms with Crippen molar-refractivity contribution in [3.05, 3.63) is 82.2 Å². The minimum Gasteiger partial charge on any atom is -0.618 e. The molecule has 0 radical (unpaired) electrons. The maximum Gasteiger partial charge on any atom is 0.251 e. The lowest BCUT2D eigenvalue weighted by Crippen LogP contribution is -2.28. The molecule has 134 valence electrons. The smallest absolute Gasteiger partial charge is 0.251 e. The average Bonchev–Trinajstić information content (AvgIpc) is 2.91. The van der Waals surface area contributed by atoms with Crippen molar-refractivity contribution < 1.29 is 13.9 Å². The van der Waals surface area contributed by atoms with Gasteiger partial charge in [0.1, 0.15) is 5.82 Å². The largest absolute Gasteiger partial charge is 0.618 e. The number of thioether (sulfide) groups is 1. The third-order valence-corrected chi connectivity index (χ3v) is 5.30. The van der Waals surface area contributed by atoms with E-state index >= 15 is 0 Å². The standard InChI is InChI=1S/C20H19FN2O2S/c1-13-7-8-16(11-18(13)21)23-14(2)10-17(15(23)3)19(24)12-26-20-6-4-5-9-22(20)25/h4-11H,12H2,1-3H3. The summed E-state index contributed by atoms with van der Waals surface area (Å²) in [6.07, 6.45) is 1.41. The van der Waals surface area contributed by atoms with Crippen LogP contribution < -0.4 is 4.73 Å². The van der Waals surface area contributed by atoms with Crippen LogP contribution >= 0.6 is 11.8 Å². The second-order valence-electron chi connectivity index (χ2n) is 6.13. The summed E-state index contributed by atoms with van der Waals surface area (Å²) < 4.78 is 16.5. The minimum atomic E-state index is -0.275. The summed E-state index contributed by atoms with van der Waals surface area (Å²) in [5.41, 5.74) is 3.48. The summed E-state index contributed by atoms with van der Waals surface area (Å²) in [5.74, 6) is -0.174. The van der Waals surface area contributed by atoms with Crippen LogP contribution in [0.25, 0.3) is 5.69 Å². The van der Waals surface area contributed by atoms with E-state index in [1.807, 2.05) is 30.5 Å². The number of pyridine rings is 1. The minimum absolute atomic E-state index is 0.0641. The predicted octanol–water partition coefficient (Wildman–Crippen LogP) is 4.15. The third kappa shape index (κ3) is 3.51. The number of nitrogens with zero attached hydrogens (tertiary/aromatic N) is 2. The average molecular weight is 370 g/mol. The van der Waals surface area contributed by atoms with Crippen molar-refractivity contribution in [1.82, 2.24) is 4.57 Å². The lowest BCUT2D eigenvalue weighted by Gasteiger charge is -2.11. The highest BCUT2D eigenvalue weighted by molar-refractivity contribution is 7.99. The van der Waals surface area contributed by atoms with Crippen LogP contribution in [0.5, 0.6) is 0 Å². The van der Waals surface area contributed by atoms with E-state index < -0.39 is 0 Å². The Morgan fingerprint density at radius 1 is 1.19 bits per heavy atom. The molecule has 3 rings (SSSR count). The molecule has 0 fully saturated rings. The molecule has 2 heterocycles. The van der Waals surface area contributed by atoms with Gasteiger partial charge in [-0.3, -0.25) is 4.79 Å². The van der Waals surface area contributed by atoms with Gasteiger partial charge in [-0.15, -0.1) is 0 Å². The molecule has 0 saturated heterocycles. The van der Waals surface area contributed by atoms with Crippen molar-refractivity contribution in [2.45, 2.75) is 25.8 Å².